The molecule has 0 amide bonds. The lowest BCUT2D eigenvalue weighted by molar-refractivity contribution is -0.118. The molecule has 2 unspecified atom stereocenters. The second-order valence-corrected chi connectivity index (χ2v) is 11.8. The van der Waals surface area contributed by atoms with Gasteiger partial charge in [0.15, 0.2) is 0 Å². The summed E-state index contributed by atoms with van der Waals surface area (Å²) in [5.74, 6) is 1.78. The van der Waals surface area contributed by atoms with Gasteiger partial charge in [0.2, 0.25) is 0 Å². The molecule has 2 nitrogen and oxygen atoms in total. The van der Waals surface area contributed by atoms with Gasteiger partial charge in [0.1, 0.15) is 12.4 Å². The summed E-state index contributed by atoms with van der Waals surface area (Å²) in [6.45, 7) is 6.40. The van der Waals surface area contributed by atoms with Crippen LogP contribution >= 0.6 is 23.2 Å². The molecule has 0 aromatic heterocycles. The Labute approximate surface area is 190 Å². The lowest BCUT2D eigenvalue weighted by atomic mass is 9.43. The van der Waals surface area contributed by atoms with E-state index in [4.69, 9.17) is 27.9 Å². The lowest BCUT2D eigenvalue weighted by Crippen LogP contribution is -2.63. The first kappa shape index (κ1) is 20.7. The summed E-state index contributed by atoms with van der Waals surface area (Å²) in [5.41, 5.74) is 3.60. The van der Waals surface area contributed by atoms with E-state index in [-0.39, 0.29) is 0 Å². The first-order valence-electron chi connectivity index (χ1n) is 11.1. The largest absolute Gasteiger partial charge is 0.489 e. The van der Waals surface area contributed by atoms with Gasteiger partial charge in [-0.05, 0) is 85.1 Å². The normalized spacial score (nSPS) is 34.3. The van der Waals surface area contributed by atoms with Gasteiger partial charge < -0.3 is 10.1 Å². The van der Waals surface area contributed by atoms with Gasteiger partial charge in [-0.1, -0.05) is 55.2 Å². The third-order valence-electron chi connectivity index (χ3n) is 7.60. The van der Waals surface area contributed by atoms with Crippen LogP contribution in [0.15, 0.2) is 42.5 Å². The molecular formula is C26H31Cl2NO. The van der Waals surface area contributed by atoms with Gasteiger partial charge in [0.05, 0.1) is 0 Å². The quantitative estimate of drug-likeness (QED) is 0.501. The van der Waals surface area contributed by atoms with Crippen LogP contribution in [-0.4, -0.2) is 5.54 Å². The Hall–Kier alpha value is -1.22. The van der Waals surface area contributed by atoms with Crippen LogP contribution in [0.1, 0.15) is 63.5 Å². The van der Waals surface area contributed by atoms with E-state index in [0.717, 1.165) is 23.8 Å². The van der Waals surface area contributed by atoms with Gasteiger partial charge in [-0.3, -0.25) is 0 Å². The predicted molar refractivity (Wildman–Crippen MR) is 124 cm³/mol. The van der Waals surface area contributed by atoms with E-state index in [1.807, 2.05) is 18.2 Å². The first-order valence-corrected chi connectivity index (χ1v) is 11.9. The minimum atomic E-state index is 0.316. The van der Waals surface area contributed by atoms with Crippen LogP contribution in [0, 0.1) is 16.7 Å². The number of ether oxygens (including phenoxy) is 1. The van der Waals surface area contributed by atoms with Gasteiger partial charge in [-0.25, -0.2) is 0 Å². The van der Waals surface area contributed by atoms with Crippen LogP contribution in [-0.2, 0) is 13.2 Å². The molecule has 4 aliphatic rings. The van der Waals surface area contributed by atoms with Crippen LogP contribution in [0.5, 0.6) is 5.75 Å². The smallest absolute Gasteiger partial charge is 0.120 e. The number of hydrogen-bond donors (Lipinski definition) is 1. The van der Waals surface area contributed by atoms with Crippen LogP contribution in [0.3, 0.4) is 0 Å². The zero-order valence-electron chi connectivity index (χ0n) is 17.9. The molecule has 4 aliphatic carbocycles. The molecule has 6 rings (SSSR count). The van der Waals surface area contributed by atoms with Crippen molar-refractivity contribution in [3.63, 3.8) is 0 Å². The number of benzene rings is 2. The molecule has 4 heteroatoms. The van der Waals surface area contributed by atoms with Gasteiger partial charge in [0, 0.05) is 27.7 Å². The molecule has 0 aliphatic heterocycles. The number of halogens is 2. The Kier molecular flexibility index (Phi) is 5.12. The summed E-state index contributed by atoms with van der Waals surface area (Å²) in [6, 6.07) is 14.0. The summed E-state index contributed by atoms with van der Waals surface area (Å²) in [7, 11) is 0. The molecule has 0 heterocycles. The second-order valence-electron chi connectivity index (χ2n) is 10.9. The van der Waals surface area contributed by atoms with E-state index in [2.05, 4.69) is 37.4 Å². The van der Waals surface area contributed by atoms with E-state index in [0.29, 0.717) is 33.0 Å². The SMILES string of the molecule is CC12CC3CC(C)(C1)CC(NCc1cccc(OCc4ccc(Cl)cc4Cl)c1)(C3)C2. The molecule has 0 spiro atoms. The Balaban J connectivity index is 1.24. The molecule has 2 aromatic carbocycles. The number of nitrogens with one attached hydrogen (secondary N) is 1. The van der Waals surface area contributed by atoms with E-state index < -0.39 is 0 Å². The predicted octanol–water partition coefficient (Wildman–Crippen LogP) is 7.41. The monoisotopic (exact) mass is 443 g/mol. The highest BCUT2D eigenvalue weighted by atomic mass is 35.5. The van der Waals surface area contributed by atoms with Crippen molar-refractivity contribution >= 4 is 23.2 Å². The van der Waals surface area contributed by atoms with Crippen molar-refractivity contribution in [3.05, 3.63) is 63.6 Å². The molecule has 30 heavy (non-hydrogen) atoms. The summed E-state index contributed by atoms with van der Waals surface area (Å²) in [5, 5.41) is 5.30. The van der Waals surface area contributed by atoms with Crippen molar-refractivity contribution in [1.82, 2.24) is 5.32 Å². The maximum absolute atomic E-state index is 6.27. The van der Waals surface area contributed by atoms with Gasteiger partial charge >= 0.3 is 0 Å². The topological polar surface area (TPSA) is 21.3 Å². The molecule has 2 atom stereocenters. The van der Waals surface area contributed by atoms with Crippen molar-refractivity contribution in [1.29, 1.82) is 0 Å². The van der Waals surface area contributed by atoms with E-state index >= 15 is 0 Å². The van der Waals surface area contributed by atoms with Crippen LogP contribution in [0.25, 0.3) is 0 Å². The minimum absolute atomic E-state index is 0.316. The fraction of sp³-hybridized carbons (Fsp3) is 0.538. The highest BCUT2D eigenvalue weighted by molar-refractivity contribution is 6.35. The van der Waals surface area contributed by atoms with Gasteiger partial charge in [-0.2, -0.15) is 0 Å². The molecule has 2 aromatic rings. The Morgan fingerprint density at radius 2 is 1.73 bits per heavy atom. The average Bonchev–Trinajstić information content (AvgIpc) is 2.63. The summed E-state index contributed by atoms with van der Waals surface area (Å²) < 4.78 is 6.03. The summed E-state index contributed by atoms with van der Waals surface area (Å²) >= 11 is 12.3. The van der Waals surface area contributed by atoms with Crippen molar-refractivity contribution in [2.24, 2.45) is 16.7 Å². The van der Waals surface area contributed by atoms with Crippen LogP contribution < -0.4 is 10.1 Å². The fourth-order valence-corrected chi connectivity index (χ4v) is 7.94. The molecule has 4 saturated carbocycles. The molecule has 4 fully saturated rings. The molecule has 160 valence electrons. The Morgan fingerprint density at radius 3 is 2.43 bits per heavy atom. The van der Waals surface area contributed by atoms with Crippen LogP contribution in [0.4, 0.5) is 0 Å². The second kappa shape index (κ2) is 7.43. The van der Waals surface area contributed by atoms with Crippen molar-refractivity contribution in [3.8, 4) is 5.75 Å². The Bertz CT molecular complexity index is 940. The maximum atomic E-state index is 6.27. The van der Waals surface area contributed by atoms with E-state index in [1.54, 1.807) is 6.07 Å². The zero-order chi connectivity index (χ0) is 21.0. The highest BCUT2D eigenvalue weighted by Crippen LogP contribution is 2.66. The van der Waals surface area contributed by atoms with Crippen molar-refractivity contribution in [2.45, 2.75) is 71.1 Å². The molecule has 0 radical (unpaired) electrons. The minimum Gasteiger partial charge on any atom is -0.489 e. The number of rotatable bonds is 6. The first-order chi connectivity index (χ1) is 14.2. The lowest BCUT2D eigenvalue weighted by Gasteiger charge is -2.65. The highest BCUT2D eigenvalue weighted by Gasteiger charge is 2.59. The van der Waals surface area contributed by atoms with Crippen molar-refractivity contribution in [2.75, 3.05) is 0 Å². The average molecular weight is 444 g/mol. The standard InChI is InChI=1S/C26H31Cl2NO/c1-24-10-19-11-25(2,15-24)17-26(12-19,16-24)29-13-18-4-3-5-22(8-18)30-14-20-6-7-21(27)9-23(20)28/h3-9,19,29H,10-17H2,1-2H3. The molecule has 4 bridgehead atoms. The maximum Gasteiger partial charge on any atom is 0.120 e. The summed E-state index contributed by atoms with van der Waals surface area (Å²) in [6.07, 6.45) is 8.29. The zero-order valence-corrected chi connectivity index (χ0v) is 19.5. The van der Waals surface area contributed by atoms with Crippen LogP contribution in [0.2, 0.25) is 10.0 Å². The van der Waals surface area contributed by atoms with Gasteiger partial charge in [0.25, 0.3) is 0 Å². The third-order valence-corrected chi connectivity index (χ3v) is 8.19. The van der Waals surface area contributed by atoms with E-state index in [9.17, 15) is 0 Å². The fourth-order valence-electron chi connectivity index (χ4n) is 7.48. The summed E-state index contributed by atoms with van der Waals surface area (Å²) in [4.78, 5) is 0. The van der Waals surface area contributed by atoms with Crippen molar-refractivity contribution < 1.29 is 4.74 Å². The van der Waals surface area contributed by atoms with Gasteiger partial charge in [-0.15, -0.1) is 0 Å². The third kappa shape index (κ3) is 4.11. The molecule has 0 saturated heterocycles. The van der Waals surface area contributed by atoms with E-state index in [1.165, 1.54) is 44.1 Å². The molecule has 1 N–H and O–H groups in total. The Morgan fingerprint density at radius 1 is 0.967 bits per heavy atom. The number of hydrogen-bond acceptors (Lipinski definition) is 2. The molecular weight excluding hydrogens is 413 g/mol.